The topological polar surface area (TPSA) is 114 Å². The smallest absolute Gasteiger partial charge is 0.272 e. The summed E-state index contributed by atoms with van der Waals surface area (Å²) in [7, 11) is 0. The molecule has 2 aliphatic rings. The van der Waals surface area contributed by atoms with E-state index < -0.39 is 17.9 Å². The molecule has 5 rings (SSSR count). The molecule has 1 atom stereocenters. The highest BCUT2D eigenvalue weighted by Gasteiger charge is 2.37. The maximum absolute atomic E-state index is 13.1. The first-order valence-corrected chi connectivity index (χ1v) is 14.8. The van der Waals surface area contributed by atoms with Gasteiger partial charge in [-0.05, 0) is 63.4 Å². The molecule has 0 aliphatic carbocycles. The van der Waals surface area contributed by atoms with E-state index in [0.717, 1.165) is 48.3 Å². The Hall–Kier alpha value is -3.66. The number of rotatable bonds is 9. The molecule has 0 bridgehead atoms. The number of benzene rings is 1. The molecule has 9 nitrogen and oxygen atoms in total. The van der Waals surface area contributed by atoms with Crippen molar-refractivity contribution >= 4 is 40.1 Å². The Morgan fingerprint density at radius 3 is 2.69 bits per heavy atom. The highest BCUT2D eigenvalue weighted by molar-refractivity contribution is 7.14. The number of halogens is 2. The Kier molecular flexibility index (Phi) is 8.46. The average molecular weight is 597 g/mol. The van der Waals surface area contributed by atoms with E-state index in [4.69, 9.17) is 4.98 Å². The predicted molar refractivity (Wildman–Crippen MR) is 156 cm³/mol. The lowest BCUT2D eigenvalue weighted by molar-refractivity contribution is -0.127. The number of amides is 2. The summed E-state index contributed by atoms with van der Waals surface area (Å²) in [6.45, 7) is 8.44. The minimum Gasteiger partial charge on any atom is -0.390 e. The quantitative estimate of drug-likeness (QED) is 0.267. The first kappa shape index (κ1) is 29.8. The number of imidazole rings is 1. The summed E-state index contributed by atoms with van der Waals surface area (Å²) >= 11 is 0.734. The number of aliphatic hydroxyl groups is 1. The third-order valence-corrected chi connectivity index (χ3v) is 9.23. The molecule has 2 saturated heterocycles. The van der Waals surface area contributed by atoms with Crippen LogP contribution in [0.2, 0.25) is 0 Å². The van der Waals surface area contributed by atoms with Gasteiger partial charge in [-0.25, -0.2) is 13.8 Å². The van der Waals surface area contributed by atoms with Crippen molar-refractivity contribution in [3.05, 3.63) is 57.3 Å². The van der Waals surface area contributed by atoms with Gasteiger partial charge in [0.2, 0.25) is 5.95 Å². The van der Waals surface area contributed by atoms with Crippen LogP contribution in [0.25, 0.3) is 11.0 Å². The molecule has 0 saturated carbocycles. The van der Waals surface area contributed by atoms with Crippen LogP contribution in [-0.2, 0) is 17.9 Å². The van der Waals surface area contributed by atoms with Crippen molar-refractivity contribution < 1.29 is 23.5 Å². The van der Waals surface area contributed by atoms with Gasteiger partial charge >= 0.3 is 0 Å². The zero-order chi connectivity index (χ0) is 30.2. The molecule has 2 amide bonds. The Morgan fingerprint density at radius 2 is 2.05 bits per heavy atom. The second-order valence-electron chi connectivity index (χ2n) is 11.5. The van der Waals surface area contributed by atoms with Crippen molar-refractivity contribution in [1.29, 1.82) is 5.26 Å². The molecule has 2 N–H and O–H groups in total. The van der Waals surface area contributed by atoms with E-state index in [2.05, 4.69) is 10.2 Å². The molecule has 0 radical (unpaired) electrons. The molecule has 1 aromatic carbocycles. The number of alkyl halides is 2. The van der Waals surface area contributed by atoms with Gasteiger partial charge in [0.25, 0.3) is 18.2 Å². The Bertz CT molecular complexity index is 1560. The van der Waals surface area contributed by atoms with Crippen molar-refractivity contribution in [2.45, 2.75) is 64.8 Å². The number of hydrogen-bond acceptors (Lipinski definition) is 7. The molecule has 2 aliphatic heterocycles. The van der Waals surface area contributed by atoms with E-state index in [9.17, 15) is 28.7 Å². The van der Waals surface area contributed by atoms with Crippen LogP contribution in [0, 0.1) is 17.2 Å². The van der Waals surface area contributed by atoms with E-state index in [1.807, 2.05) is 42.7 Å². The molecule has 0 spiro atoms. The number of nitriles is 1. The third kappa shape index (κ3) is 6.09. The number of nitrogens with one attached hydrogen (secondary N) is 1. The SMILES string of the molecule is C/C=C(\C#N)C(=O)N1CCC[C@@H]1Cn1c(NC(=O)c2ccc(C(F)F)s2)nc2cc(CN3CC(C(C)(C)O)C3)ccc21. The summed E-state index contributed by atoms with van der Waals surface area (Å²) in [4.78, 5) is 34.8. The number of nitrogens with zero attached hydrogens (tertiary/aromatic N) is 5. The number of hydrogen-bond donors (Lipinski definition) is 2. The van der Waals surface area contributed by atoms with Crippen LogP contribution in [0.3, 0.4) is 0 Å². The van der Waals surface area contributed by atoms with Gasteiger partial charge in [-0.1, -0.05) is 12.1 Å². The zero-order valence-corrected chi connectivity index (χ0v) is 24.6. The van der Waals surface area contributed by atoms with E-state index in [1.54, 1.807) is 11.8 Å². The highest BCUT2D eigenvalue weighted by Crippen LogP contribution is 2.31. The summed E-state index contributed by atoms with van der Waals surface area (Å²) in [6, 6.07) is 10.3. The summed E-state index contributed by atoms with van der Waals surface area (Å²) in [6.07, 6.45) is 0.351. The highest BCUT2D eigenvalue weighted by atomic mass is 32.1. The summed E-state index contributed by atoms with van der Waals surface area (Å²) in [5.41, 5.74) is 1.81. The second kappa shape index (κ2) is 11.9. The lowest BCUT2D eigenvalue weighted by Crippen LogP contribution is -2.55. The molecule has 222 valence electrons. The summed E-state index contributed by atoms with van der Waals surface area (Å²) < 4.78 is 28.1. The maximum Gasteiger partial charge on any atom is 0.272 e. The van der Waals surface area contributed by atoms with Gasteiger partial charge in [0, 0.05) is 38.6 Å². The Balaban J connectivity index is 1.43. The van der Waals surface area contributed by atoms with Gasteiger partial charge in [0.15, 0.2) is 0 Å². The maximum atomic E-state index is 13.1. The molecule has 2 aromatic heterocycles. The van der Waals surface area contributed by atoms with Crippen molar-refractivity contribution in [2.24, 2.45) is 5.92 Å². The molecule has 3 aromatic rings. The molecule has 42 heavy (non-hydrogen) atoms. The first-order chi connectivity index (χ1) is 20.0. The Morgan fingerprint density at radius 1 is 1.29 bits per heavy atom. The molecule has 0 unspecified atom stereocenters. The molecule has 4 heterocycles. The molecule has 12 heteroatoms. The molecule has 2 fully saturated rings. The van der Waals surface area contributed by atoms with E-state index >= 15 is 0 Å². The van der Waals surface area contributed by atoms with Crippen LogP contribution in [0.4, 0.5) is 14.7 Å². The minimum absolute atomic E-state index is 0.0842. The normalized spacial score (nSPS) is 18.5. The number of allylic oxidation sites excluding steroid dienone is 1. The first-order valence-electron chi connectivity index (χ1n) is 14.0. The third-order valence-electron chi connectivity index (χ3n) is 8.14. The number of fused-ring (bicyclic) bond motifs is 1. The van der Waals surface area contributed by atoms with Gasteiger partial charge in [0.05, 0.1) is 32.4 Å². The fourth-order valence-corrected chi connectivity index (χ4v) is 6.37. The van der Waals surface area contributed by atoms with Crippen LogP contribution in [0.5, 0.6) is 0 Å². The number of carbonyl (C=O) groups excluding carboxylic acids is 2. The van der Waals surface area contributed by atoms with Gasteiger partial charge in [-0.3, -0.25) is 19.8 Å². The van der Waals surface area contributed by atoms with E-state index in [1.165, 1.54) is 18.2 Å². The fraction of sp³-hybridized carbons (Fsp3) is 0.467. The van der Waals surface area contributed by atoms with E-state index in [0.29, 0.717) is 25.2 Å². The predicted octanol–water partition coefficient (Wildman–Crippen LogP) is 4.95. The lowest BCUT2D eigenvalue weighted by atomic mass is 9.84. The van der Waals surface area contributed by atoms with Crippen molar-refractivity contribution in [3.63, 3.8) is 0 Å². The number of thiophene rings is 1. The van der Waals surface area contributed by atoms with Crippen LogP contribution in [0.1, 0.15) is 60.2 Å². The zero-order valence-electron chi connectivity index (χ0n) is 23.8. The monoisotopic (exact) mass is 596 g/mol. The van der Waals surface area contributed by atoms with Gasteiger partial charge in [-0.15, -0.1) is 11.3 Å². The standard InChI is InChI=1S/C30H34F2N6O3S/c1-4-19(13-33)28(40)37-11-5-6-21(37)17-38-23-8-7-18(14-36-15-20(16-36)30(2,3)41)12-22(23)34-29(38)35-27(39)25-10-9-24(42-25)26(31)32/h4,7-10,12,20-21,26,41H,5-6,11,14-17H2,1-3H3,(H,34,35,39)/b19-4+/t21-/m1/s1. The van der Waals surface area contributed by atoms with Crippen molar-refractivity contribution in [3.8, 4) is 6.07 Å². The Labute approximate surface area is 247 Å². The largest absolute Gasteiger partial charge is 0.390 e. The molecular formula is C30H34F2N6O3S. The summed E-state index contributed by atoms with van der Waals surface area (Å²) in [5, 5.41) is 22.5. The van der Waals surface area contributed by atoms with Crippen molar-refractivity contribution in [1.82, 2.24) is 19.4 Å². The van der Waals surface area contributed by atoms with Crippen LogP contribution in [-0.4, -0.2) is 67.5 Å². The summed E-state index contributed by atoms with van der Waals surface area (Å²) in [5.74, 6) is -0.388. The number of anilines is 1. The van der Waals surface area contributed by atoms with Crippen LogP contribution in [0.15, 0.2) is 42.0 Å². The van der Waals surface area contributed by atoms with Crippen LogP contribution >= 0.6 is 11.3 Å². The van der Waals surface area contributed by atoms with E-state index in [-0.39, 0.29) is 39.1 Å². The second-order valence-corrected chi connectivity index (χ2v) is 12.6. The van der Waals surface area contributed by atoms with Gasteiger partial charge in [0.1, 0.15) is 11.6 Å². The van der Waals surface area contributed by atoms with Crippen LogP contribution < -0.4 is 5.32 Å². The lowest BCUT2D eigenvalue weighted by Gasteiger charge is -2.45. The fourth-order valence-electron chi connectivity index (χ4n) is 5.61. The molecular weight excluding hydrogens is 562 g/mol. The number of likely N-dealkylation sites (tertiary alicyclic amines) is 2. The average Bonchev–Trinajstić information content (AvgIpc) is 3.65. The number of aromatic nitrogens is 2. The van der Waals surface area contributed by atoms with Gasteiger partial charge in [-0.2, -0.15) is 5.26 Å². The van der Waals surface area contributed by atoms with Gasteiger partial charge < -0.3 is 14.6 Å². The van der Waals surface area contributed by atoms with Crippen molar-refractivity contribution in [2.75, 3.05) is 25.0 Å². The number of carbonyl (C=O) groups is 2. The minimum atomic E-state index is -2.66.